The number of carbonyl (C=O) groups is 2. The van der Waals surface area contributed by atoms with E-state index in [4.69, 9.17) is 6.42 Å². The Balaban J connectivity index is 2.71. The average molecular weight is 267 g/mol. The highest BCUT2D eigenvalue weighted by molar-refractivity contribution is 5.96. The maximum atomic E-state index is 13.5. The number of urea groups is 1. The van der Waals surface area contributed by atoms with Crippen molar-refractivity contribution in [2.24, 2.45) is 0 Å². The summed E-state index contributed by atoms with van der Waals surface area (Å²) in [6.45, 7) is -0.462. The number of anilines is 1. The zero-order valence-corrected chi connectivity index (χ0v) is 10.0. The molecule has 0 aromatic heterocycles. The van der Waals surface area contributed by atoms with Crippen LogP contribution in [0.4, 0.5) is 19.3 Å². The molecule has 7 heteroatoms. The quantitative estimate of drug-likeness (QED) is 0.710. The number of halogens is 2. The molecular formula is C12H11F2N3O2. The Kier molecular flexibility index (Phi) is 4.83. The highest BCUT2D eigenvalue weighted by atomic mass is 19.1. The predicted octanol–water partition coefficient (Wildman–Crippen LogP) is 0.814. The molecule has 0 aliphatic carbocycles. The molecule has 0 radical (unpaired) electrons. The third-order valence-corrected chi connectivity index (χ3v) is 2.11. The summed E-state index contributed by atoms with van der Waals surface area (Å²) < 4.78 is 26.9. The molecule has 100 valence electrons. The zero-order chi connectivity index (χ0) is 14.4. The minimum absolute atomic E-state index is 0.0513. The maximum absolute atomic E-state index is 13.5. The molecule has 0 saturated heterocycles. The van der Waals surface area contributed by atoms with E-state index in [1.165, 1.54) is 7.05 Å². The number of hydrogen-bond acceptors (Lipinski definition) is 3. The molecule has 1 aromatic carbocycles. The molecular weight excluding hydrogens is 256 g/mol. The number of carbonyl (C=O) groups excluding carboxylic acids is 2. The van der Waals surface area contributed by atoms with Crippen LogP contribution in [-0.4, -0.2) is 25.5 Å². The SMILES string of the molecule is C#Cc1cc(F)c(NCC(=O)NC(=O)NC)c(F)c1. The Morgan fingerprint density at radius 3 is 2.37 bits per heavy atom. The van der Waals surface area contributed by atoms with Crippen molar-refractivity contribution in [2.75, 3.05) is 18.9 Å². The smallest absolute Gasteiger partial charge is 0.321 e. The lowest BCUT2D eigenvalue weighted by molar-refractivity contribution is -0.118. The maximum Gasteiger partial charge on any atom is 0.321 e. The minimum atomic E-state index is -0.916. The van der Waals surface area contributed by atoms with Gasteiger partial charge in [0.25, 0.3) is 0 Å². The van der Waals surface area contributed by atoms with Crippen molar-refractivity contribution in [1.82, 2.24) is 10.6 Å². The first kappa shape index (κ1) is 14.4. The van der Waals surface area contributed by atoms with E-state index in [0.717, 1.165) is 12.1 Å². The summed E-state index contributed by atoms with van der Waals surface area (Å²) in [5.41, 5.74) is -0.429. The second kappa shape index (κ2) is 6.35. The molecule has 0 atom stereocenters. The predicted molar refractivity (Wildman–Crippen MR) is 65.4 cm³/mol. The Labute approximate surface area is 108 Å². The van der Waals surface area contributed by atoms with E-state index in [-0.39, 0.29) is 5.56 Å². The normalized spacial score (nSPS) is 9.37. The summed E-state index contributed by atoms with van der Waals surface area (Å²) in [4.78, 5) is 22.0. The lowest BCUT2D eigenvalue weighted by Gasteiger charge is -2.09. The van der Waals surface area contributed by atoms with Crippen molar-refractivity contribution in [2.45, 2.75) is 0 Å². The first-order chi connectivity index (χ1) is 8.97. The fraction of sp³-hybridized carbons (Fsp3) is 0.167. The van der Waals surface area contributed by atoms with Gasteiger partial charge in [-0.15, -0.1) is 6.42 Å². The summed E-state index contributed by atoms with van der Waals surface area (Å²) in [6.07, 6.45) is 5.02. The Bertz CT molecular complexity index is 529. The first-order valence-corrected chi connectivity index (χ1v) is 5.19. The zero-order valence-electron chi connectivity index (χ0n) is 10.0. The summed E-state index contributed by atoms with van der Waals surface area (Å²) in [6, 6.07) is 1.21. The molecule has 5 nitrogen and oxygen atoms in total. The van der Waals surface area contributed by atoms with E-state index >= 15 is 0 Å². The molecule has 1 rings (SSSR count). The van der Waals surface area contributed by atoms with Gasteiger partial charge in [0.15, 0.2) is 11.6 Å². The molecule has 0 aliphatic heterocycles. The lowest BCUT2D eigenvalue weighted by Crippen LogP contribution is -2.40. The Morgan fingerprint density at radius 1 is 1.32 bits per heavy atom. The number of hydrogen-bond donors (Lipinski definition) is 3. The first-order valence-electron chi connectivity index (χ1n) is 5.19. The van der Waals surface area contributed by atoms with Crippen molar-refractivity contribution >= 4 is 17.6 Å². The fourth-order valence-electron chi connectivity index (χ4n) is 1.23. The van der Waals surface area contributed by atoms with Gasteiger partial charge in [-0.05, 0) is 12.1 Å². The minimum Gasteiger partial charge on any atom is -0.371 e. The van der Waals surface area contributed by atoms with Crippen LogP contribution < -0.4 is 16.0 Å². The molecule has 19 heavy (non-hydrogen) atoms. The van der Waals surface area contributed by atoms with Crippen LogP contribution in [0.5, 0.6) is 0 Å². The molecule has 0 unspecified atom stereocenters. The van der Waals surface area contributed by atoms with E-state index < -0.39 is 35.8 Å². The van der Waals surface area contributed by atoms with Crippen LogP contribution >= 0.6 is 0 Å². The number of benzene rings is 1. The van der Waals surface area contributed by atoms with Gasteiger partial charge in [0.2, 0.25) is 5.91 Å². The molecule has 0 saturated carbocycles. The molecule has 0 heterocycles. The van der Waals surface area contributed by atoms with Gasteiger partial charge in [-0.1, -0.05) is 5.92 Å². The Hall–Kier alpha value is -2.62. The number of terminal acetylenes is 1. The van der Waals surface area contributed by atoms with Crippen LogP contribution in [0.2, 0.25) is 0 Å². The molecule has 0 aliphatic rings. The standard InChI is InChI=1S/C12H11F2N3O2/c1-3-7-4-8(13)11(9(14)5-7)16-6-10(18)17-12(19)15-2/h1,4-5,16H,6H2,2H3,(H2,15,17,18,19). The van der Waals surface area contributed by atoms with E-state index in [2.05, 4.69) is 16.6 Å². The highest BCUT2D eigenvalue weighted by Gasteiger charge is 2.12. The molecule has 3 amide bonds. The number of nitrogens with one attached hydrogen (secondary N) is 3. The van der Waals surface area contributed by atoms with Crippen molar-refractivity contribution < 1.29 is 18.4 Å². The molecule has 0 bridgehead atoms. The number of amides is 3. The lowest BCUT2D eigenvalue weighted by atomic mass is 10.2. The van der Waals surface area contributed by atoms with Crippen molar-refractivity contribution in [3.63, 3.8) is 0 Å². The topological polar surface area (TPSA) is 70.2 Å². The van der Waals surface area contributed by atoms with E-state index in [0.29, 0.717) is 0 Å². The average Bonchev–Trinajstić information content (AvgIpc) is 2.37. The van der Waals surface area contributed by atoms with Gasteiger partial charge in [0.05, 0.1) is 6.54 Å². The van der Waals surface area contributed by atoms with Gasteiger partial charge in [-0.2, -0.15) is 0 Å². The summed E-state index contributed by atoms with van der Waals surface area (Å²) >= 11 is 0. The van der Waals surface area contributed by atoms with Crippen LogP contribution in [-0.2, 0) is 4.79 Å². The molecule has 0 fully saturated rings. The molecule has 3 N–H and O–H groups in total. The van der Waals surface area contributed by atoms with Crippen LogP contribution in [0.15, 0.2) is 12.1 Å². The van der Waals surface area contributed by atoms with Gasteiger partial charge < -0.3 is 10.6 Å². The third-order valence-electron chi connectivity index (χ3n) is 2.11. The van der Waals surface area contributed by atoms with Gasteiger partial charge in [0, 0.05) is 12.6 Å². The molecule has 1 aromatic rings. The van der Waals surface area contributed by atoms with Crippen molar-refractivity contribution in [3.05, 3.63) is 29.3 Å². The largest absolute Gasteiger partial charge is 0.371 e. The number of rotatable bonds is 3. The summed E-state index contributed by atoms with van der Waals surface area (Å²) in [5.74, 6) is -0.474. The van der Waals surface area contributed by atoms with E-state index in [9.17, 15) is 18.4 Å². The molecule has 0 spiro atoms. The summed E-state index contributed by atoms with van der Waals surface area (Å²) in [7, 11) is 1.33. The highest BCUT2D eigenvalue weighted by Crippen LogP contribution is 2.20. The van der Waals surface area contributed by atoms with Crippen LogP contribution in [0.1, 0.15) is 5.56 Å². The second-order valence-corrected chi connectivity index (χ2v) is 3.44. The van der Waals surface area contributed by atoms with Crippen LogP contribution in [0.3, 0.4) is 0 Å². The monoisotopic (exact) mass is 267 g/mol. The summed E-state index contributed by atoms with van der Waals surface area (Å²) in [5, 5.41) is 6.35. The fourth-order valence-corrected chi connectivity index (χ4v) is 1.23. The van der Waals surface area contributed by atoms with Gasteiger partial charge in [-0.3, -0.25) is 10.1 Å². The van der Waals surface area contributed by atoms with E-state index in [1.54, 1.807) is 0 Å². The number of imide groups is 1. The van der Waals surface area contributed by atoms with Crippen molar-refractivity contribution in [3.8, 4) is 12.3 Å². The van der Waals surface area contributed by atoms with Crippen molar-refractivity contribution in [1.29, 1.82) is 0 Å². The van der Waals surface area contributed by atoms with Gasteiger partial charge in [0.1, 0.15) is 5.69 Å². The Morgan fingerprint density at radius 2 is 1.89 bits per heavy atom. The second-order valence-electron chi connectivity index (χ2n) is 3.44. The van der Waals surface area contributed by atoms with Crippen LogP contribution in [0.25, 0.3) is 0 Å². The van der Waals surface area contributed by atoms with Gasteiger partial charge >= 0.3 is 6.03 Å². The van der Waals surface area contributed by atoms with E-state index in [1.807, 2.05) is 5.32 Å². The van der Waals surface area contributed by atoms with Gasteiger partial charge in [-0.25, -0.2) is 13.6 Å². The third kappa shape index (κ3) is 3.96. The van der Waals surface area contributed by atoms with Crippen LogP contribution in [0, 0.1) is 24.0 Å².